The summed E-state index contributed by atoms with van der Waals surface area (Å²) < 4.78 is 5.30. The van der Waals surface area contributed by atoms with Crippen molar-refractivity contribution in [2.75, 3.05) is 23.3 Å². The van der Waals surface area contributed by atoms with E-state index in [0.717, 1.165) is 11.3 Å². The summed E-state index contributed by atoms with van der Waals surface area (Å²) in [5, 5.41) is 5.55. The number of esters is 1. The van der Waals surface area contributed by atoms with E-state index in [2.05, 4.69) is 10.6 Å². The molecule has 2 aliphatic rings. The molecule has 7 heteroatoms. The van der Waals surface area contributed by atoms with Crippen molar-refractivity contribution in [2.24, 2.45) is 0 Å². The standard InChI is InChI=1S/C19H17N3O4/c23-17(11-16-14-6-1-2-7-15(14)18(24)26-16)21-12-4-3-5-13(10-12)22-9-8-20-19(22)25/h1-7,10,16H,8-9,11H2,(H,20,25)(H,21,23)/t16-/m1/s1. The lowest BCUT2D eigenvalue weighted by Crippen LogP contribution is -2.27. The van der Waals surface area contributed by atoms with E-state index in [1.807, 2.05) is 12.1 Å². The highest BCUT2D eigenvalue weighted by molar-refractivity contribution is 5.97. The monoisotopic (exact) mass is 351 g/mol. The molecule has 3 amide bonds. The van der Waals surface area contributed by atoms with Gasteiger partial charge in [0.2, 0.25) is 5.91 Å². The van der Waals surface area contributed by atoms with Gasteiger partial charge in [0.05, 0.1) is 12.0 Å². The van der Waals surface area contributed by atoms with E-state index in [-0.39, 0.29) is 18.4 Å². The fourth-order valence-corrected chi connectivity index (χ4v) is 3.22. The molecule has 2 aromatic carbocycles. The Hall–Kier alpha value is -3.35. The van der Waals surface area contributed by atoms with Crippen LogP contribution in [0.5, 0.6) is 0 Å². The third-order valence-electron chi connectivity index (χ3n) is 4.45. The van der Waals surface area contributed by atoms with Crippen molar-refractivity contribution in [3.8, 4) is 0 Å². The predicted octanol–water partition coefficient (Wildman–Crippen LogP) is 2.46. The molecule has 26 heavy (non-hydrogen) atoms. The second-order valence-corrected chi connectivity index (χ2v) is 6.17. The van der Waals surface area contributed by atoms with Crippen molar-refractivity contribution in [3.63, 3.8) is 0 Å². The van der Waals surface area contributed by atoms with E-state index in [4.69, 9.17) is 4.74 Å². The molecule has 4 rings (SSSR count). The van der Waals surface area contributed by atoms with Gasteiger partial charge >= 0.3 is 12.0 Å². The van der Waals surface area contributed by atoms with Crippen LogP contribution in [0, 0.1) is 0 Å². The largest absolute Gasteiger partial charge is 0.453 e. The van der Waals surface area contributed by atoms with E-state index in [1.165, 1.54) is 0 Å². The van der Waals surface area contributed by atoms with Crippen LogP contribution in [0.3, 0.4) is 0 Å². The average molecular weight is 351 g/mol. The number of fused-ring (bicyclic) bond motifs is 1. The van der Waals surface area contributed by atoms with Gasteiger partial charge in [-0.05, 0) is 24.3 Å². The van der Waals surface area contributed by atoms with Crippen LogP contribution in [0.2, 0.25) is 0 Å². The summed E-state index contributed by atoms with van der Waals surface area (Å²) in [6.45, 7) is 1.19. The lowest BCUT2D eigenvalue weighted by Gasteiger charge is -2.16. The Morgan fingerprint density at radius 2 is 2.04 bits per heavy atom. The van der Waals surface area contributed by atoms with Crippen molar-refractivity contribution in [3.05, 3.63) is 59.7 Å². The molecule has 2 heterocycles. The van der Waals surface area contributed by atoms with Crippen LogP contribution in [0.15, 0.2) is 48.5 Å². The van der Waals surface area contributed by atoms with Gasteiger partial charge in [-0.3, -0.25) is 9.69 Å². The molecule has 0 unspecified atom stereocenters. The van der Waals surface area contributed by atoms with Crippen molar-refractivity contribution in [1.82, 2.24) is 5.32 Å². The molecule has 2 aromatic rings. The minimum Gasteiger partial charge on any atom is -0.453 e. The Morgan fingerprint density at radius 1 is 1.19 bits per heavy atom. The van der Waals surface area contributed by atoms with Gasteiger partial charge in [-0.25, -0.2) is 9.59 Å². The number of carbonyl (C=O) groups is 3. The molecular weight excluding hydrogens is 334 g/mol. The van der Waals surface area contributed by atoms with Crippen LogP contribution in [-0.4, -0.2) is 31.0 Å². The smallest absolute Gasteiger partial charge is 0.339 e. The van der Waals surface area contributed by atoms with Crippen LogP contribution in [-0.2, 0) is 9.53 Å². The Kier molecular flexibility index (Phi) is 4.04. The van der Waals surface area contributed by atoms with Gasteiger partial charge in [0.25, 0.3) is 0 Å². The second kappa shape index (κ2) is 6.51. The van der Waals surface area contributed by atoms with Gasteiger partial charge in [-0.2, -0.15) is 0 Å². The Labute approximate surface area is 149 Å². The van der Waals surface area contributed by atoms with Gasteiger partial charge in [-0.15, -0.1) is 0 Å². The van der Waals surface area contributed by atoms with Crippen LogP contribution >= 0.6 is 0 Å². The number of urea groups is 1. The first kappa shape index (κ1) is 16.1. The van der Waals surface area contributed by atoms with Gasteiger partial charge in [-0.1, -0.05) is 24.3 Å². The zero-order valence-electron chi connectivity index (χ0n) is 13.9. The Balaban J connectivity index is 1.44. The summed E-state index contributed by atoms with van der Waals surface area (Å²) in [7, 11) is 0. The first-order chi connectivity index (χ1) is 12.6. The lowest BCUT2D eigenvalue weighted by molar-refractivity contribution is -0.118. The summed E-state index contributed by atoms with van der Waals surface area (Å²) in [6.07, 6.45) is -0.539. The highest BCUT2D eigenvalue weighted by atomic mass is 16.5. The normalized spacial score (nSPS) is 18.3. The molecule has 1 atom stereocenters. The van der Waals surface area contributed by atoms with Crippen LogP contribution in [0.25, 0.3) is 0 Å². The van der Waals surface area contributed by atoms with E-state index in [9.17, 15) is 14.4 Å². The average Bonchev–Trinajstić information content (AvgIpc) is 3.19. The number of nitrogens with zero attached hydrogens (tertiary/aromatic N) is 1. The SMILES string of the molecule is O=C(C[C@H]1OC(=O)c2ccccc21)Nc1cccc(N2CCNC2=O)c1. The molecule has 2 N–H and O–H groups in total. The molecule has 0 aliphatic carbocycles. The van der Waals surface area contributed by atoms with Crippen molar-refractivity contribution >= 4 is 29.3 Å². The highest BCUT2D eigenvalue weighted by Crippen LogP contribution is 2.33. The summed E-state index contributed by atoms with van der Waals surface area (Å²) in [4.78, 5) is 37.6. The Morgan fingerprint density at radius 3 is 2.85 bits per heavy atom. The molecule has 0 spiro atoms. The maximum atomic E-state index is 12.4. The quantitative estimate of drug-likeness (QED) is 0.829. The zero-order valence-corrected chi connectivity index (χ0v) is 13.9. The molecule has 132 valence electrons. The summed E-state index contributed by atoms with van der Waals surface area (Å²) in [6, 6.07) is 14.0. The van der Waals surface area contributed by atoms with Gasteiger partial charge in [0.15, 0.2) is 0 Å². The minimum absolute atomic E-state index is 0.0389. The fourth-order valence-electron chi connectivity index (χ4n) is 3.22. The highest BCUT2D eigenvalue weighted by Gasteiger charge is 2.32. The number of rotatable bonds is 4. The third-order valence-corrected chi connectivity index (χ3v) is 4.45. The number of hydrogen-bond donors (Lipinski definition) is 2. The molecule has 7 nitrogen and oxygen atoms in total. The number of ether oxygens (including phenoxy) is 1. The molecular formula is C19H17N3O4. The number of amides is 3. The van der Waals surface area contributed by atoms with Gasteiger partial charge in [0, 0.05) is 30.0 Å². The zero-order chi connectivity index (χ0) is 18.1. The molecule has 1 saturated heterocycles. The maximum absolute atomic E-state index is 12.4. The number of anilines is 2. The molecule has 0 saturated carbocycles. The van der Waals surface area contributed by atoms with E-state index in [1.54, 1.807) is 41.3 Å². The van der Waals surface area contributed by atoms with E-state index in [0.29, 0.717) is 24.3 Å². The lowest BCUT2D eigenvalue weighted by atomic mass is 10.0. The van der Waals surface area contributed by atoms with Crippen LogP contribution < -0.4 is 15.5 Å². The molecule has 0 bridgehead atoms. The number of cyclic esters (lactones) is 1. The van der Waals surface area contributed by atoms with E-state index >= 15 is 0 Å². The number of nitrogens with one attached hydrogen (secondary N) is 2. The summed E-state index contributed by atoms with van der Waals surface area (Å²) in [5.74, 6) is -0.664. The number of carbonyl (C=O) groups excluding carboxylic acids is 3. The minimum atomic E-state index is -0.578. The van der Waals surface area contributed by atoms with Gasteiger partial charge in [0.1, 0.15) is 6.10 Å². The summed E-state index contributed by atoms with van der Waals surface area (Å²) >= 11 is 0. The second-order valence-electron chi connectivity index (χ2n) is 6.17. The molecule has 0 aromatic heterocycles. The first-order valence-corrected chi connectivity index (χ1v) is 8.37. The first-order valence-electron chi connectivity index (χ1n) is 8.37. The van der Waals surface area contributed by atoms with E-state index < -0.39 is 12.1 Å². The Bertz CT molecular complexity index is 896. The number of benzene rings is 2. The summed E-state index contributed by atoms with van der Waals surface area (Å²) in [5.41, 5.74) is 2.54. The maximum Gasteiger partial charge on any atom is 0.339 e. The van der Waals surface area contributed by atoms with Gasteiger partial charge < -0.3 is 15.4 Å². The van der Waals surface area contributed by atoms with Crippen molar-refractivity contribution in [2.45, 2.75) is 12.5 Å². The predicted molar refractivity (Wildman–Crippen MR) is 95.0 cm³/mol. The van der Waals surface area contributed by atoms with Crippen molar-refractivity contribution < 1.29 is 19.1 Å². The van der Waals surface area contributed by atoms with Crippen LogP contribution in [0.1, 0.15) is 28.4 Å². The molecule has 2 aliphatic heterocycles. The molecule has 0 radical (unpaired) electrons. The number of hydrogen-bond acceptors (Lipinski definition) is 4. The van der Waals surface area contributed by atoms with Crippen LogP contribution in [0.4, 0.5) is 16.2 Å². The fraction of sp³-hybridized carbons (Fsp3) is 0.211. The third kappa shape index (κ3) is 2.99. The topological polar surface area (TPSA) is 87.7 Å². The van der Waals surface area contributed by atoms with Crippen molar-refractivity contribution in [1.29, 1.82) is 0 Å². The molecule has 1 fully saturated rings.